The molecule has 2 aromatic carbocycles. The Bertz CT molecular complexity index is 944. The van der Waals surface area contributed by atoms with Crippen molar-refractivity contribution < 1.29 is 9.18 Å². The molecule has 0 saturated carbocycles. The van der Waals surface area contributed by atoms with Crippen LogP contribution in [0.3, 0.4) is 0 Å². The van der Waals surface area contributed by atoms with Crippen molar-refractivity contribution in [3.05, 3.63) is 64.4 Å². The number of benzene rings is 2. The van der Waals surface area contributed by atoms with Crippen LogP contribution in [0, 0.1) is 12.7 Å². The lowest BCUT2D eigenvalue weighted by atomic mass is 10.2. The summed E-state index contributed by atoms with van der Waals surface area (Å²) in [5.74, 6) is -0.495. The van der Waals surface area contributed by atoms with Gasteiger partial charge in [-0.2, -0.15) is 4.68 Å². The van der Waals surface area contributed by atoms with Crippen LogP contribution in [0.2, 0.25) is 5.02 Å². The van der Waals surface area contributed by atoms with Gasteiger partial charge < -0.3 is 4.90 Å². The fourth-order valence-corrected chi connectivity index (χ4v) is 3.49. The molecule has 0 radical (unpaired) electrons. The van der Waals surface area contributed by atoms with E-state index in [0.29, 0.717) is 15.7 Å². The third-order valence-corrected chi connectivity index (χ3v) is 5.15. The first kappa shape index (κ1) is 19.3. The molecule has 0 saturated heterocycles. The molecular weight excluding hydrogens is 389 g/mol. The molecule has 1 aromatic heterocycles. The number of aromatic nitrogens is 4. The number of nitrogens with zero attached hydrogens (tertiary/aromatic N) is 5. The van der Waals surface area contributed by atoms with Crippen molar-refractivity contribution in [2.75, 3.05) is 12.8 Å². The molecule has 0 spiro atoms. The van der Waals surface area contributed by atoms with Gasteiger partial charge in [-0.15, -0.1) is 5.10 Å². The first-order valence-electron chi connectivity index (χ1n) is 8.11. The molecular formula is C18H17ClFN5OS. The van der Waals surface area contributed by atoms with Crippen LogP contribution in [0.4, 0.5) is 4.39 Å². The fourth-order valence-electron chi connectivity index (χ4n) is 2.44. The second-order valence-electron chi connectivity index (χ2n) is 5.95. The number of amides is 1. The number of thioether (sulfide) groups is 1. The monoisotopic (exact) mass is 405 g/mol. The standard InChI is InChI=1S/C18H17ClFN5OS/c1-12-5-3-6-13(9-12)25-18(21-22-23-25)27-11-17(26)24(2)10-14-15(19)7-4-8-16(14)20/h3-9H,10-11H2,1-2H3. The minimum Gasteiger partial charge on any atom is -0.341 e. The molecule has 0 fully saturated rings. The Morgan fingerprint density at radius 2 is 2.07 bits per heavy atom. The van der Waals surface area contributed by atoms with E-state index in [1.807, 2.05) is 31.2 Å². The van der Waals surface area contributed by atoms with Crippen LogP contribution < -0.4 is 0 Å². The van der Waals surface area contributed by atoms with E-state index in [1.54, 1.807) is 17.8 Å². The molecule has 140 valence electrons. The van der Waals surface area contributed by atoms with Crippen LogP contribution in [0.1, 0.15) is 11.1 Å². The maximum absolute atomic E-state index is 13.9. The third kappa shape index (κ3) is 4.64. The largest absolute Gasteiger partial charge is 0.341 e. The van der Waals surface area contributed by atoms with E-state index in [2.05, 4.69) is 15.5 Å². The van der Waals surface area contributed by atoms with Gasteiger partial charge in [-0.25, -0.2) is 4.39 Å². The molecule has 0 unspecified atom stereocenters. The zero-order chi connectivity index (χ0) is 19.4. The number of halogens is 2. The number of carbonyl (C=O) groups is 1. The SMILES string of the molecule is Cc1cccc(-n2nnnc2SCC(=O)N(C)Cc2c(F)cccc2Cl)c1. The molecule has 0 aliphatic rings. The number of carbonyl (C=O) groups excluding carboxylic acids is 1. The number of hydrogen-bond acceptors (Lipinski definition) is 5. The molecule has 0 aliphatic carbocycles. The van der Waals surface area contributed by atoms with Crippen molar-refractivity contribution in [3.8, 4) is 5.69 Å². The minimum absolute atomic E-state index is 0.0910. The number of rotatable bonds is 6. The Labute approximate surface area is 165 Å². The molecule has 3 aromatic rings. The molecule has 3 rings (SSSR count). The van der Waals surface area contributed by atoms with Gasteiger partial charge in [-0.3, -0.25) is 4.79 Å². The molecule has 0 atom stereocenters. The first-order chi connectivity index (χ1) is 13.0. The Morgan fingerprint density at radius 1 is 1.30 bits per heavy atom. The van der Waals surface area contributed by atoms with Crippen LogP contribution in [-0.4, -0.2) is 43.8 Å². The summed E-state index contributed by atoms with van der Waals surface area (Å²) in [7, 11) is 1.61. The Kier molecular flexibility index (Phi) is 6.08. The van der Waals surface area contributed by atoms with Gasteiger partial charge in [0.15, 0.2) is 0 Å². The number of tetrazole rings is 1. The summed E-state index contributed by atoms with van der Waals surface area (Å²) in [5.41, 5.74) is 2.20. The van der Waals surface area contributed by atoms with Crippen LogP contribution in [0.5, 0.6) is 0 Å². The number of aryl methyl sites for hydroxylation is 1. The predicted octanol–water partition coefficient (Wildman–Crippen LogP) is 3.51. The van der Waals surface area contributed by atoms with Crippen molar-refractivity contribution in [1.29, 1.82) is 0 Å². The van der Waals surface area contributed by atoms with E-state index in [-0.39, 0.29) is 18.2 Å². The summed E-state index contributed by atoms with van der Waals surface area (Å²) in [5, 5.41) is 12.5. The summed E-state index contributed by atoms with van der Waals surface area (Å²) in [6.07, 6.45) is 0. The van der Waals surface area contributed by atoms with E-state index in [0.717, 1.165) is 11.3 Å². The normalized spacial score (nSPS) is 10.8. The molecule has 0 N–H and O–H groups in total. The summed E-state index contributed by atoms with van der Waals surface area (Å²) in [6, 6.07) is 12.2. The molecule has 27 heavy (non-hydrogen) atoms. The lowest BCUT2D eigenvalue weighted by molar-refractivity contribution is -0.127. The highest BCUT2D eigenvalue weighted by Gasteiger charge is 2.17. The fraction of sp³-hybridized carbons (Fsp3) is 0.222. The lowest BCUT2D eigenvalue weighted by Gasteiger charge is -2.18. The van der Waals surface area contributed by atoms with Gasteiger partial charge in [0, 0.05) is 24.2 Å². The first-order valence-corrected chi connectivity index (χ1v) is 9.47. The maximum atomic E-state index is 13.9. The molecule has 0 bridgehead atoms. The van der Waals surface area contributed by atoms with E-state index < -0.39 is 5.82 Å². The summed E-state index contributed by atoms with van der Waals surface area (Å²) < 4.78 is 15.5. The number of hydrogen-bond donors (Lipinski definition) is 0. The van der Waals surface area contributed by atoms with Gasteiger partial charge in [0.2, 0.25) is 11.1 Å². The van der Waals surface area contributed by atoms with Crippen LogP contribution in [-0.2, 0) is 11.3 Å². The molecule has 9 heteroatoms. The quantitative estimate of drug-likeness (QED) is 0.587. The molecule has 0 aliphatic heterocycles. The van der Waals surface area contributed by atoms with Crippen molar-refractivity contribution in [2.45, 2.75) is 18.6 Å². The Hall–Kier alpha value is -2.45. The van der Waals surface area contributed by atoms with Gasteiger partial charge >= 0.3 is 0 Å². The topological polar surface area (TPSA) is 63.9 Å². The second kappa shape index (κ2) is 8.49. The molecule has 6 nitrogen and oxygen atoms in total. The van der Waals surface area contributed by atoms with Gasteiger partial charge in [-0.1, -0.05) is 41.6 Å². The van der Waals surface area contributed by atoms with Crippen molar-refractivity contribution >= 4 is 29.3 Å². The van der Waals surface area contributed by atoms with Gasteiger partial charge in [0.05, 0.1) is 11.4 Å². The predicted molar refractivity (Wildman–Crippen MR) is 102 cm³/mol. The van der Waals surface area contributed by atoms with Crippen LogP contribution in [0.25, 0.3) is 5.69 Å². The lowest BCUT2D eigenvalue weighted by Crippen LogP contribution is -2.28. The summed E-state index contributed by atoms with van der Waals surface area (Å²) in [4.78, 5) is 13.9. The second-order valence-corrected chi connectivity index (χ2v) is 7.30. The van der Waals surface area contributed by atoms with Crippen LogP contribution >= 0.6 is 23.4 Å². The molecule has 1 amide bonds. The zero-order valence-corrected chi connectivity index (χ0v) is 16.3. The Morgan fingerprint density at radius 3 is 2.81 bits per heavy atom. The average Bonchev–Trinajstić information content (AvgIpc) is 3.11. The van der Waals surface area contributed by atoms with E-state index in [9.17, 15) is 9.18 Å². The minimum atomic E-state index is -0.432. The highest BCUT2D eigenvalue weighted by atomic mass is 35.5. The highest BCUT2D eigenvalue weighted by molar-refractivity contribution is 7.99. The van der Waals surface area contributed by atoms with E-state index in [1.165, 1.54) is 28.8 Å². The third-order valence-electron chi connectivity index (χ3n) is 3.89. The molecule has 1 heterocycles. The van der Waals surface area contributed by atoms with Crippen molar-refractivity contribution in [2.24, 2.45) is 0 Å². The van der Waals surface area contributed by atoms with Gasteiger partial charge in [0.1, 0.15) is 5.82 Å². The highest BCUT2D eigenvalue weighted by Crippen LogP contribution is 2.22. The van der Waals surface area contributed by atoms with E-state index >= 15 is 0 Å². The van der Waals surface area contributed by atoms with Crippen LogP contribution in [0.15, 0.2) is 47.6 Å². The summed E-state index contributed by atoms with van der Waals surface area (Å²) in [6.45, 7) is 2.07. The Balaban J connectivity index is 1.65. The van der Waals surface area contributed by atoms with Gasteiger partial charge in [0.25, 0.3) is 0 Å². The summed E-state index contributed by atoms with van der Waals surface area (Å²) >= 11 is 7.24. The van der Waals surface area contributed by atoms with Crippen molar-refractivity contribution in [3.63, 3.8) is 0 Å². The van der Waals surface area contributed by atoms with Crippen molar-refractivity contribution in [1.82, 2.24) is 25.1 Å². The zero-order valence-electron chi connectivity index (χ0n) is 14.8. The maximum Gasteiger partial charge on any atom is 0.233 e. The smallest absolute Gasteiger partial charge is 0.233 e. The van der Waals surface area contributed by atoms with Gasteiger partial charge in [-0.05, 0) is 47.2 Å². The van der Waals surface area contributed by atoms with E-state index in [4.69, 9.17) is 11.6 Å². The average molecular weight is 406 g/mol.